The maximum atomic E-state index is 11.7. The molecular formula is C15H22N2O2. The molecule has 4 nitrogen and oxygen atoms in total. The van der Waals surface area contributed by atoms with E-state index >= 15 is 0 Å². The Morgan fingerprint density at radius 1 is 1.42 bits per heavy atom. The van der Waals surface area contributed by atoms with E-state index in [1.54, 1.807) is 0 Å². The van der Waals surface area contributed by atoms with Crippen molar-refractivity contribution in [3.05, 3.63) is 35.4 Å². The number of nitrogens with one attached hydrogen (secondary N) is 2. The lowest BCUT2D eigenvalue weighted by molar-refractivity contribution is -0.128. The van der Waals surface area contributed by atoms with Gasteiger partial charge in [-0.3, -0.25) is 4.79 Å². The third-order valence-electron chi connectivity index (χ3n) is 3.31. The lowest BCUT2D eigenvalue weighted by Gasteiger charge is -2.22. The molecule has 0 unspecified atom stereocenters. The normalized spacial score (nSPS) is 16.3. The molecule has 0 saturated carbocycles. The summed E-state index contributed by atoms with van der Waals surface area (Å²) in [4.78, 5) is 11.7. The van der Waals surface area contributed by atoms with E-state index in [-0.39, 0.29) is 18.6 Å². The smallest absolute Gasteiger partial charge is 0.246 e. The van der Waals surface area contributed by atoms with Gasteiger partial charge in [0.1, 0.15) is 6.61 Å². The number of rotatable bonds is 5. The summed E-state index contributed by atoms with van der Waals surface area (Å²) >= 11 is 0. The van der Waals surface area contributed by atoms with Crippen molar-refractivity contribution in [2.24, 2.45) is 0 Å². The maximum absolute atomic E-state index is 11.7. The molecule has 1 amide bonds. The van der Waals surface area contributed by atoms with Crippen LogP contribution in [0.1, 0.15) is 24.0 Å². The summed E-state index contributed by atoms with van der Waals surface area (Å²) in [6, 6.07) is 8.14. The van der Waals surface area contributed by atoms with Crippen molar-refractivity contribution in [1.29, 1.82) is 0 Å². The van der Waals surface area contributed by atoms with Gasteiger partial charge in [-0.15, -0.1) is 0 Å². The number of piperidine rings is 1. The third kappa shape index (κ3) is 5.01. The molecular weight excluding hydrogens is 240 g/mol. The summed E-state index contributed by atoms with van der Waals surface area (Å²) in [6.07, 6.45) is 2.21. The first-order valence-corrected chi connectivity index (χ1v) is 6.88. The summed E-state index contributed by atoms with van der Waals surface area (Å²) in [5.41, 5.74) is 2.33. The molecule has 0 atom stereocenters. The van der Waals surface area contributed by atoms with Gasteiger partial charge in [0.05, 0.1) is 6.10 Å². The van der Waals surface area contributed by atoms with Gasteiger partial charge in [0, 0.05) is 6.54 Å². The quantitative estimate of drug-likeness (QED) is 0.843. The minimum absolute atomic E-state index is 0.0416. The summed E-state index contributed by atoms with van der Waals surface area (Å²) in [6.45, 7) is 4.74. The molecule has 1 aromatic carbocycles. The highest BCUT2D eigenvalue weighted by atomic mass is 16.5. The van der Waals surface area contributed by atoms with E-state index in [0.29, 0.717) is 6.54 Å². The summed E-state index contributed by atoms with van der Waals surface area (Å²) < 4.78 is 5.60. The molecule has 0 radical (unpaired) electrons. The number of ether oxygens (including phenoxy) is 1. The molecule has 2 N–H and O–H groups in total. The van der Waals surface area contributed by atoms with E-state index in [1.807, 2.05) is 25.1 Å². The number of benzene rings is 1. The standard InChI is InChI=1S/C15H22N2O2/c1-12-3-2-4-13(9-12)10-17-15(18)11-19-14-5-7-16-8-6-14/h2-4,9,14,16H,5-8,10-11H2,1H3,(H,17,18). The highest BCUT2D eigenvalue weighted by molar-refractivity contribution is 5.77. The van der Waals surface area contributed by atoms with Crippen LogP contribution < -0.4 is 10.6 Å². The highest BCUT2D eigenvalue weighted by Crippen LogP contribution is 2.07. The molecule has 1 saturated heterocycles. The largest absolute Gasteiger partial charge is 0.368 e. The number of hydrogen-bond donors (Lipinski definition) is 2. The molecule has 1 heterocycles. The summed E-state index contributed by atoms with van der Waals surface area (Å²) in [5, 5.41) is 6.16. The Hall–Kier alpha value is -1.39. The van der Waals surface area contributed by atoms with E-state index in [0.717, 1.165) is 31.5 Å². The average Bonchev–Trinajstić information content (AvgIpc) is 2.44. The fourth-order valence-electron chi connectivity index (χ4n) is 2.23. The van der Waals surface area contributed by atoms with Crippen molar-refractivity contribution < 1.29 is 9.53 Å². The first-order chi connectivity index (χ1) is 9.24. The number of hydrogen-bond acceptors (Lipinski definition) is 3. The molecule has 1 aliphatic heterocycles. The van der Waals surface area contributed by atoms with E-state index in [9.17, 15) is 4.79 Å². The van der Waals surface area contributed by atoms with Gasteiger partial charge in [0.15, 0.2) is 0 Å². The SMILES string of the molecule is Cc1cccc(CNC(=O)COC2CCNCC2)c1. The Bertz CT molecular complexity index is 414. The summed E-state index contributed by atoms with van der Waals surface area (Å²) in [7, 11) is 0. The van der Waals surface area contributed by atoms with Crippen LogP contribution in [0.25, 0.3) is 0 Å². The predicted octanol–water partition coefficient (Wildman–Crippen LogP) is 1.38. The zero-order valence-electron chi connectivity index (χ0n) is 11.4. The summed E-state index contributed by atoms with van der Waals surface area (Å²) in [5.74, 6) is -0.0416. The lowest BCUT2D eigenvalue weighted by atomic mass is 10.1. The molecule has 1 aromatic rings. The van der Waals surface area contributed by atoms with Crippen LogP contribution in [0.3, 0.4) is 0 Å². The first kappa shape index (κ1) is 14.0. The maximum Gasteiger partial charge on any atom is 0.246 e. The molecule has 104 valence electrons. The van der Waals surface area contributed by atoms with Crippen LogP contribution in [-0.2, 0) is 16.1 Å². The van der Waals surface area contributed by atoms with E-state index in [4.69, 9.17) is 4.74 Å². The van der Waals surface area contributed by atoms with Gasteiger partial charge >= 0.3 is 0 Å². The van der Waals surface area contributed by atoms with Gasteiger partial charge in [-0.2, -0.15) is 0 Å². The second kappa shape index (κ2) is 7.26. The average molecular weight is 262 g/mol. The monoisotopic (exact) mass is 262 g/mol. The van der Waals surface area contributed by atoms with E-state index in [2.05, 4.69) is 16.7 Å². The van der Waals surface area contributed by atoms with Crippen molar-refractivity contribution in [1.82, 2.24) is 10.6 Å². The van der Waals surface area contributed by atoms with Gasteiger partial charge in [0.25, 0.3) is 0 Å². The predicted molar refractivity (Wildman–Crippen MR) is 74.9 cm³/mol. The van der Waals surface area contributed by atoms with E-state index < -0.39 is 0 Å². The number of aryl methyl sites for hydroxylation is 1. The second-order valence-corrected chi connectivity index (χ2v) is 5.03. The van der Waals surface area contributed by atoms with E-state index in [1.165, 1.54) is 5.56 Å². The zero-order valence-corrected chi connectivity index (χ0v) is 11.4. The second-order valence-electron chi connectivity index (χ2n) is 5.03. The molecule has 0 bridgehead atoms. The van der Waals surface area contributed by atoms with Gasteiger partial charge < -0.3 is 15.4 Å². The first-order valence-electron chi connectivity index (χ1n) is 6.88. The van der Waals surface area contributed by atoms with Gasteiger partial charge in [-0.05, 0) is 38.4 Å². The van der Waals surface area contributed by atoms with Crippen molar-refractivity contribution in [3.8, 4) is 0 Å². The van der Waals surface area contributed by atoms with Gasteiger partial charge in [-0.1, -0.05) is 29.8 Å². The van der Waals surface area contributed by atoms with Crippen LogP contribution in [0, 0.1) is 6.92 Å². The Kier molecular flexibility index (Phi) is 5.36. The molecule has 0 spiro atoms. The molecule has 1 fully saturated rings. The van der Waals surface area contributed by atoms with Crippen molar-refractivity contribution in [2.75, 3.05) is 19.7 Å². The van der Waals surface area contributed by atoms with Crippen LogP contribution in [0.5, 0.6) is 0 Å². The molecule has 0 aromatic heterocycles. The highest BCUT2D eigenvalue weighted by Gasteiger charge is 2.14. The molecule has 4 heteroatoms. The Morgan fingerprint density at radius 3 is 2.95 bits per heavy atom. The van der Waals surface area contributed by atoms with Gasteiger partial charge in [-0.25, -0.2) is 0 Å². The zero-order chi connectivity index (χ0) is 13.5. The molecule has 0 aliphatic carbocycles. The van der Waals surface area contributed by atoms with Crippen molar-refractivity contribution >= 4 is 5.91 Å². The molecule has 1 aliphatic rings. The van der Waals surface area contributed by atoms with Crippen LogP contribution in [-0.4, -0.2) is 31.7 Å². The lowest BCUT2D eigenvalue weighted by Crippen LogP contribution is -2.35. The fourth-order valence-corrected chi connectivity index (χ4v) is 2.23. The number of carbonyl (C=O) groups is 1. The van der Waals surface area contributed by atoms with Crippen LogP contribution in [0.2, 0.25) is 0 Å². The fraction of sp³-hybridized carbons (Fsp3) is 0.533. The molecule has 2 rings (SSSR count). The van der Waals surface area contributed by atoms with Crippen LogP contribution >= 0.6 is 0 Å². The number of amides is 1. The Morgan fingerprint density at radius 2 is 2.21 bits per heavy atom. The van der Waals surface area contributed by atoms with Crippen molar-refractivity contribution in [3.63, 3.8) is 0 Å². The Balaban J connectivity index is 1.66. The van der Waals surface area contributed by atoms with Crippen LogP contribution in [0.4, 0.5) is 0 Å². The number of carbonyl (C=O) groups excluding carboxylic acids is 1. The van der Waals surface area contributed by atoms with Gasteiger partial charge in [0.2, 0.25) is 5.91 Å². The third-order valence-corrected chi connectivity index (χ3v) is 3.31. The minimum Gasteiger partial charge on any atom is -0.368 e. The Labute approximate surface area is 114 Å². The van der Waals surface area contributed by atoms with Crippen LogP contribution in [0.15, 0.2) is 24.3 Å². The molecule has 19 heavy (non-hydrogen) atoms. The van der Waals surface area contributed by atoms with Crippen molar-refractivity contribution in [2.45, 2.75) is 32.4 Å². The minimum atomic E-state index is -0.0416. The topological polar surface area (TPSA) is 50.4 Å².